The molecular formula is C27H27ClFN7. The Balaban J connectivity index is 1.40. The predicted molar refractivity (Wildman–Crippen MR) is 139 cm³/mol. The summed E-state index contributed by atoms with van der Waals surface area (Å²) < 4.78 is 13.7. The van der Waals surface area contributed by atoms with Gasteiger partial charge in [0.1, 0.15) is 11.9 Å². The van der Waals surface area contributed by atoms with Gasteiger partial charge in [0.2, 0.25) is 0 Å². The van der Waals surface area contributed by atoms with E-state index in [0.29, 0.717) is 22.1 Å². The fourth-order valence-corrected chi connectivity index (χ4v) is 4.94. The van der Waals surface area contributed by atoms with Gasteiger partial charge in [-0.25, -0.2) is 4.39 Å². The smallest absolute Gasteiger partial charge is 0.123 e. The molecule has 7 nitrogen and oxygen atoms in total. The molecular weight excluding hydrogens is 477 g/mol. The molecule has 36 heavy (non-hydrogen) atoms. The molecule has 6 rings (SSSR count). The lowest BCUT2D eigenvalue weighted by atomic mass is 10.0. The van der Waals surface area contributed by atoms with Gasteiger partial charge in [0, 0.05) is 35.6 Å². The van der Waals surface area contributed by atoms with Crippen LogP contribution in [0.5, 0.6) is 0 Å². The fourth-order valence-electron chi connectivity index (χ4n) is 4.67. The number of rotatable bonds is 7. The van der Waals surface area contributed by atoms with E-state index in [-0.39, 0.29) is 23.3 Å². The van der Waals surface area contributed by atoms with Crippen LogP contribution >= 0.6 is 11.6 Å². The summed E-state index contributed by atoms with van der Waals surface area (Å²) in [7, 11) is 0. The summed E-state index contributed by atoms with van der Waals surface area (Å²) >= 11 is 6.71. The van der Waals surface area contributed by atoms with Crippen LogP contribution in [0.2, 0.25) is 5.02 Å². The number of pyridine rings is 1. The number of hydrogen-bond donors (Lipinski definition) is 4. The van der Waals surface area contributed by atoms with Crippen molar-refractivity contribution in [3.63, 3.8) is 0 Å². The SMILES string of the molecule is CC1(C)CC1Nc1c(C#N)cnc2c(Cl)cc(NC(C3=CN(C4CC4)NN3)c3ccc(F)cc3)cc12. The van der Waals surface area contributed by atoms with Crippen LogP contribution < -0.4 is 21.6 Å². The van der Waals surface area contributed by atoms with E-state index in [0.717, 1.165) is 47.3 Å². The highest BCUT2D eigenvalue weighted by Gasteiger charge is 2.46. The van der Waals surface area contributed by atoms with E-state index >= 15 is 0 Å². The molecule has 1 aliphatic heterocycles. The molecule has 0 radical (unpaired) electrons. The zero-order chi connectivity index (χ0) is 25.0. The third-order valence-corrected chi connectivity index (χ3v) is 7.54. The highest BCUT2D eigenvalue weighted by atomic mass is 35.5. The molecule has 9 heteroatoms. The molecule has 2 unspecified atom stereocenters. The van der Waals surface area contributed by atoms with Crippen molar-refractivity contribution < 1.29 is 4.39 Å². The van der Waals surface area contributed by atoms with E-state index < -0.39 is 0 Å². The quantitative estimate of drug-likeness (QED) is 0.334. The monoisotopic (exact) mass is 503 g/mol. The van der Waals surface area contributed by atoms with E-state index in [9.17, 15) is 9.65 Å². The lowest BCUT2D eigenvalue weighted by molar-refractivity contribution is 0.260. The molecule has 0 saturated heterocycles. The number of halogens is 2. The number of hydrazine groups is 2. The van der Waals surface area contributed by atoms with E-state index in [1.54, 1.807) is 18.3 Å². The Kier molecular flexibility index (Phi) is 5.43. The van der Waals surface area contributed by atoms with E-state index in [2.05, 4.69) is 57.7 Å². The zero-order valence-electron chi connectivity index (χ0n) is 20.1. The van der Waals surface area contributed by atoms with Crippen LogP contribution in [0.3, 0.4) is 0 Å². The Labute approximate surface area is 214 Å². The molecule has 1 aromatic heterocycles. The van der Waals surface area contributed by atoms with Gasteiger partial charge >= 0.3 is 0 Å². The first-order valence-electron chi connectivity index (χ1n) is 12.1. The van der Waals surface area contributed by atoms with Crippen molar-refractivity contribution in [3.8, 4) is 6.07 Å². The molecule has 2 saturated carbocycles. The van der Waals surface area contributed by atoms with Gasteiger partial charge in [0.15, 0.2) is 0 Å². The molecule has 2 fully saturated rings. The molecule has 0 bridgehead atoms. The second-order valence-electron chi connectivity index (χ2n) is 10.5. The summed E-state index contributed by atoms with van der Waals surface area (Å²) in [6.07, 6.45) is 6.96. The second kappa shape index (κ2) is 8.54. The number of anilines is 2. The first-order valence-corrected chi connectivity index (χ1v) is 12.5. The van der Waals surface area contributed by atoms with Crippen molar-refractivity contribution in [2.45, 2.75) is 51.2 Å². The molecule has 2 heterocycles. The van der Waals surface area contributed by atoms with E-state index in [1.165, 1.54) is 12.1 Å². The molecule has 2 aliphatic carbocycles. The number of hydrogen-bond acceptors (Lipinski definition) is 7. The highest BCUT2D eigenvalue weighted by Crippen LogP contribution is 2.48. The Hall–Kier alpha value is -3.54. The first kappa shape index (κ1) is 22.9. The normalized spacial score (nSPS) is 20.9. The van der Waals surface area contributed by atoms with Gasteiger partial charge in [-0.1, -0.05) is 37.6 Å². The molecule has 2 aromatic carbocycles. The van der Waals surface area contributed by atoms with Crippen LogP contribution in [0.1, 0.15) is 50.3 Å². The van der Waals surface area contributed by atoms with Gasteiger partial charge in [-0.3, -0.25) is 9.99 Å². The summed E-state index contributed by atoms with van der Waals surface area (Å²) in [6.45, 7) is 4.41. The second-order valence-corrected chi connectivity index (χ2v) is 10.9. The average molecular weight is 504 g/mol. The maximum Gasteiger partial charge on any atom is 0.123 e. The highest BCUT2D eigenvalue weighted by molar-refractivity contribution is 6.35. The minimum atomic E-state index is -0.291. The van der Waals surface area contributed by atoms with Crippen LogP contribution in [-0.2, 0) is 0 Å². The van der Waals surface area contributed by atoms with Crippen molar-refractivity contribution in [3.05, 3.63) is 76.5 Å². The van der Waals surface area contributed by atoms with Crippen LogP contribution in [0.4, 0.5) is 15.8 Å². The zero-order valence-corrected chi connectivity index (χ0v) is 20.8. The standard InChI is InChI=1S/C27H27ClFN7/c1-27(2)11-23(27)33-24-16(12-30)13-31-26-20(24)9-18(10-21(26)28)32-25(15-3-5-17(29)6-4-15)22-14-36(35-34-22)19-7-8-19/h3-6,9-10,13-14,19,23,25,32,34-35H,7-8,11H2,1-2H3,(H,31,33). The van der Waals surface area contributed by atoms with Gasteiger partial charge in [-0.2, -0.15) is 5.26 Å². The molecule has 0 amide bonds. The Morgan fingerprint density at radius 2 is 2.00 bits per heavy atom. The maximum absolute atomic E-state index is 13.7. The van der Waals surface area contributed by atoms with Crippen molar-refractivity contribution in [2.24, 2.45) is 5.41 Å². The topological polar surface area (TPSA) is 88.0 Å². The number of benzene rings is 2. The van der Waals surface area contributed by atoms with Gasteiger partial charge in [-0.15, -0.1) is 5.53 Å². The lowest BCUT2D eigenvalue weighted by Gasteiger charge is -2.22. The molecule has 184 valence electrons. The summed E-state index contributed by atoms with van der Waals surface area (Å²) in [6, 6.07) is 13.0. The average Bonchev–Trinajstić information content (AvgIpc) is 3.75. The van der Waals surface area contributed by atoms with Crippen molar-refractivity contribution >= 4 is 33.9 Å². The Bertz CT molecular complexity index is 1410. The van der Waals surface area contributed by atoms with Crippen LogP contribution in [0.25, 0.3) is 10.9 Å². The summed E-state index contributed by atoms with van der Waals surface area (Å²) in [4.78, 5) is 4.47. The molecule has 2 atom stereocenters. The van der Waals surface area contributed by atoms with Crippen LogP contribution in [-0.4, -0.2) is 22.1 Å². The fraction of sp³-hybridized carbons (Fsp3) is 0.333. The summed E-state index contributed by atoms with van der Waals surface area (Å²) in [5.74, 6) is -0.286. The number of nitriles is 1. The molecule has 3 aromatic rings. The molecule has 0 spiro atoms. The maximum atomic E-state index is 13.7. The van der Waals surface area contributed by atoms with Gasteiger partial charge < -0.3 is 16.1 Å². The Morgan fingerprint density at radius 1 is 1.25 bits per heavy atom. The lowest BCUT2D eigenvalue weighted by Crippen LogP contribution is -2.38. The van der Waals surface area contributed by atoms with Crippen LogP contribution in [0.15, 0.2) is 54.5 Å². The predicted octanol–water partition coefficient (Wildman–Crippen LogP) is 5.59. The van der Waals surface area contributed by atoms with Gasteiger partial charge in [0.25, 0.3) is 0 Å². The number of nitrogens with zero attached hydrogens (tertiary/aromatic N) is 3. The number of aromatic nitrogens is 1. The number of fused-ring (bicyclic) bond motifs is 1. The number of nitrogens with one attached hydrogen (secondary N) is 4. The largest absolute Gasteiger partial charge is 0.380 e. The van der Waals surface area contributed by atoms with E-state index in [1.807, 2.05) is 12.1 Å². The summed E-state index contributed by atoms with van der Waals surface area (Å²) in [5.41, 5.74) is 11.1. The minimum Gasteiger partial charge on any atom is -0.380 e. The Morgan fingerprint density at radius 3 is 2.67 bits per heavy atom. The van der Waals surface area contributed by atoms with Crippen molar-refractivity contribution in [2.75, 3.05) is 10.6 Å². The van der Waals surface area contributed by atoms with Crippen LogP contribution in [0, 0.1) is 22.6 Å². The molecule has 3 aliphatic rings. The third-order valence-electron chi connectivity index (χ3n) is 7.25. The summed E-state index contributed by atoms with van der Waals surface area (Å²) in [5, 5.41) is 20.3. The third kappa shape index (κ3) is 4.29. The van der Waals surface area contributed by atoms with Gasteiger partial charge in [-0.05, 0) is 54.5 Å². The van der Waals surface area contributed by atoms with Crippen molar-refractivity contribution in [1.29, 1.82) is 5.26 Å². The first-order chi connectivity index (χ1) is 17.3. The van der Waals surface area contributed by atoms with Crippen molar-refractivity contribution in [1.82, 2.24) is 21.0 Å². The van der Waals surface area contributed by atoms with Gasteiger partial charge in [0.05, 0.1) is 33.5 Å². The van der Waals surface area contributed by atoms with E-state index in [4.69, 9.17) is 11.6 Å². The molecule has 4 N–H and O–H groups in total. The minimum absolute atomic E-state index is 0.177.